The number of aromatic amines is 1. The molecule has 4 rings (SSSR count). The maximum atomic E-state index is 11.7. The summed E-state index contributed by atoms with van der Waals surface area (Å²) in [6.45, 7) is 2.68. The lowest BCUT2D eigenvalue weighted by atomic mass is 10.1. The maximum Gasteiger partial charge on any atom is 0.269 e. The lowest BCUT2D eigenvalue weighted by Gasteiger charge is -2.16. The first-order chi connectivity index (χ1) is 17.0. The lowest BCUT2D eigenvalue weighted by Crippen LogP contribution is -2.18. The molecule has 0 fully saturated rings. The Hall–Kier alpha value is -3.89. The van der Waals surface area contributed by atoms with E-state index >= 15 is 0 Å². The molecule has 2 atom stereocenters. The summed E-state index contributed by atoms with van der Waals surface area (Å²) in [4.78, 5) is 23.5. The van der Waals surface area contributed by atoms with Gasteiger partial charge in [0.05, 0.1) is 26.0 Å². The molecule has 0 saturated heterocycles. The number of nitrogens with one attached hydrogen (secondary N) is 2. The van der Waals surface area contributed by atoms with Crippen LogP contribution in [-0.2, 0) is 9.47 Å². The molecule has 10 nitrogen and oxygen atoms in total. The van der Waals surface area contributed by atoms with Crippen molar-refractivity contribution >= 4 is 11.8 Å². The van der Waals surface area contributed by atoms with Gasteiger partial charge in [-0.2, -0.15) is 0 Å². The van der Waals surface area contributed by atoms with E-state index in [0.29, 0.717) is 47.7 Å². The number of carbonyl (C=O) groups excluding carboxylic acids is 1. The summed E-state index contributed by atoms with van der Waals surface area (Å²) >= 11 is 0. The molecule has 1 aliphatic heterocycles. The zero-order valence-corrected chi connectivity index (χ0v) is 19.8. The van der Waals surface area contributed by atoms with Crippen molar-refractivity contribution in [3.8, 4) is 28.5 Å². The van der Waals surface area contributed by atoms with Crippen LogP contribution in [0.1, 0.15) is 23.1 Å². The summed E-state index contributed by atoms with van der Waals surface area (Å²) in [5, 5.41) is 11.8. The van der Waals surface area contributed by atoms with Crippen LogP contribution in [0.3, 0.4) is 0 Å². The van der Waals surface area contributed by atoms with Crippen molar-refractivity contribution in [3.63, 3.8) is 0 Å². The molecule has 0 saturated carbocycles. The normalized spacial score (nSPS) is 15.8. The van der Waals surface area contributed by atoms with Crippen molar-refractivity contribution in [1.29, 1.82) is 0 Å². The van der Waals surface area contributed by atoms with Gasteiger partial charge in [0.2, 0.25) is 5.90 Å². The second-order valence-corrected chi connectivity index (χ2v) is 7.99. The summed E-state index contributed by atoms with van der Waals surface area (Å²) in [5.41, 5.74) is 2.64. The monoisotopic (exact) mass is 480 g/mol. The van der Waals surface area contributed by atoms with Crippen molar-refractivity contribution in [1.82, 2.24) is 15.3 Å². The van der Waals surface area contributed by atoms with Gasteiger partial charge < -0.3 is 34.4 Å². The molecule has 0 spiro atoms. The van der Waals surface area contributed by atoms with Gasteiger partial charge in [0.1, 0.15) is 40.8 Å². The first-order valence-electron chi connectivity index (χ1n) is 11.2. The molecule has 184 valence electrons. The van der Waals surface area contributed by atoms with E-state index in [1.165, 1.54) is 6.20 Å². The second-order valence-electron chi connectivity index (χ2n) is 7.99. The fourth-order valence-corrected chi connectivity index (χ4v) is 3.54. The summed E-state index contributed by atoms with van der Waals surface area (Å²) < 4.78 is 22.9. The SMILES string of the molecule is CNC(=O)c1ccc(Oc2cc(O[C@@H](C)COC)cc(-c3ccc(C4=NC[C@H](CO)O4)[nH]3)c2)cn1. The third kappa shape index (κ3) is 5.97. The topological polar surface area (TPSA) is 127 Å². The van der Waals surface area contributed by atoms with Crippen LogP contribution in [0.15, 0.2) is 53.7 Å². The lowest BCUT2D eigenvalue weighted by molar-refractivity contribution is 0.0920. The minimum absolute atomic E-state index is 0.0841. The molecule has 10 heteroatoms. The van der Waals surface area contributed by atoms with Crippen LogP contribution < -0.4 is 14.8 Å². The number of hydrogen-bond donors (Lipinski definition) is 3. The van der Waals surface area contributed by atoms with E-state index in [2.05, 4.69) is 20.3 Å². The Morgan fingerprint density at radius 3 is 2.69 bits per heavy atom. The second kappa shape index (κ2) is 11.0. The fourth-order valence-electron chi connectivity index (χ4n) is 3.54. The van der Waals surface area contributed by atoms with Crippen molar-refractivity contribution in [2.75, 3.05) is 33.9 Å². The number of rotatable bonds is 10. The highest BCUT2D eigenvalue weighted by molar-refractivity contribution is 5.94. The molecule has 0 radical (unpaired) electrons. The van der Waals surface area contributed by atoms with Crippen molar-refractivity contribution in [2.45, 2.75) is 19.1 Å². The van der Waals surface area contributed by atoms with Crippen LogP contribution >= 0.6 is 0 Å². The smallest absolute Gasteiger partial charge is 0.269 e. The molecule has 1 amide bonds. The molecule has 2 aromatic heterocycles. The van der Waals surface area contributed by atoms with Crippen molar-refractivity contribution in [2.24, 2.45) is 4.99 Å². The largest absolute Gasteiger partial charge is 0.488 e. The van der Waals surface area contributed by atoms with Crippen LogP contribution in [0.5, 0.6) is 17.2 Å². The number of methoxy groups -OCH3 is 1. The third-order valence-electron chi connectivity index (χ3n) is 5.20. The molecule has 1 aromatic carbocycles. The highest BCUT2D eigenvalue weighted by Crippen LogP contribution is 2.33. The van der Waals surface area contributed by atoms with Crippen LogP contribution in [0.25, 0.3) is 11.3 Å². The maximum absolute atomic E-state index is 11.7. The Bertz CT molecular complexity index is 1190. The number of aromatic nitrogens is 2. The van der Waals surface area contributed by atoms with E-state index in [1.54, 1.807) is 32.4 Å². The van der Waals surface area contributed by atoms with Gasteiger partial charge in [-0.1, -0.05) is 0 Å². The molecule has 3 N–H and O–H groups in total. The number of aliphatic hydroxyl groups excluding tert-OH is 1. The van der Waals surface area contributed by atoms with Gasteiger partial charge in [0, 0.05) is 31.5 Å². The number of H-pyrrole nitrogens is 1. The van der Waals surface area contributed by atoms with Crippen LogP contribution in [0, 0.1) is 0 Å². The van der Waals surface area contributed by atoms with Gasteiger partial charge in [-0.15, -0.1) is 0 Å². The predicted molar refractivity (Wildman–Crippen MR) is 129 cm³/mol. The summed E-state index contributed by atoms with van der Waals surface area (Å²) in [6.07, 6.45) is 0.997. The number of amides is 1. The first-order valence-corrected chi connectivity index (χ1v) is 11.2. The molecule has 3 heterocycles. The van der Waals surface area contributed by atoms with Crippen molar-refractivity contribution in [3.05, 3.63) is 60.0 Å². The molecule has 0 aliphatic carbocycles. The van der Waals surface area contributed by atoms with E-state index in [4.69, 9.17) is 18.9 Å². The zero-order chi connectivity index (χ0) is 24.8. The van der Waals surface area contributed by atoms with Crippen LogP contribution in [0.4, 0.5) is 0 Å². The Morgan fingerprint density at radius 2 is 2.00 bits per heavy atom. The Labute approximate surface area is 202 Å². The number of benzene rings is 1. The van der Waals surface area contributed by atoms with Crippen LogP contribution in [-0.4, -0.2) is 73.0 Å². The van der Waals surface area contributed by atoms with E-state index in [9.17, 15) is 9.90 Å². The predicted octanol–water partition coefficient (Wildman–Crippen LogP) is 2.78. The number of aliphatic imine (C=N–C) groups is 1. The molecule has 35 heavy (non-hydrogen) atoms. The molecule has 0 unspecified atom stereocenters. The summed E-state index contributed by atoms with van der Waals surface area (Å²) in [5.74, 6) is 1.80. The van der Waals surface area contributed by atoms with Crippen LogP contribution in [0.2, 0.25) is 0 Å². The molecule has 0 bridgehead atoms. The highest BCUT2D eigenvalue weighted by Gasteiger charge is 2.21. The molecular formula is C25H28N4O6. The zero-order valence-electron chi connectivity index (χ0n) is 19.8. The molecule has 3 aromatic rings. The minimum Gasteiger partial charge on any atom is -0.488 e. The fraction of sp³-hybridized carbons (Fsp3) is 0.320. The van der Waals surface area contributed by atoms with Gasteiger partial charge in [0.25, 0.3) is 5.91 Å². The third-order valence-corrected chi connectivity index (χ3v) is 5.20. The minimum atomic E-state index is -0.320. The van der Waals surface area contributed by atoms with E-state index < -0.39 is 0 Å². The van der Waals surface area contributed by atoms with Gasteiger partial charge in [-0.3, -0.25) is 4.79 Å². The number of hydrogen-bond acceptors (Lipinski definition) is 8. The average Bonchev–Trinajstić information content (AvgIpc) is 3.54. The van der Waals surface area contributed by atoms with E-state index in [1.807, 2.05) is 31.2 Å². The Kier molecular flexibility index (Phi) is 7.64. The van der Waals surface area contributed by atoms with Crippen molar-refractivity contribution < 1.29 is 28.8 Å². The Morgan fingerprint density at radius 1 is 1.20 bits per heavy atom. The standard InChI is InChI=1S/C25H28N4O6/c1-15(14-32-3)33-18-8-16(21-6-7-23(29-21)25-28-12-20(13-30)35-25)9-19(10-18)34-17-4-5-22(27-11-17)24(31)26-2/h4-11,15,20,29-30H,12-14H2,1-3H3,(H,26,31)/t15-,20+/m0/s1. The Balaban J connectivity index is 1.60. The number of carbonyl (C=O) groups is 1. The van der Waals surface area contributed by atoms with Gasteiger partial charge in [-0.25, -0.2) is 9.98 Å². The average molecular weight is 481 g/mol. The van der Waals surface area contributed by atoms with Gasteiger partial charge in [0.15, 0.2) is 0 Å². The van der Waals surface area contributed by atoms with Gasteiger partial charge in [-0.05, 0) is 43.3 Å². The number of ether oxygens (including phenoxy) is 4. The molecule has 1 aliphatic rings. The quantitative estimate of drug-likeness (QED) is 0.407. The first kappa shape index (κ1) is 24.2. The summed E-state index contributed by atoms with van der Waals surface area (Å²) in [6, 6.07) is 12.6. The number of aliphatic hydroxyl groups is 1. The number of nitrogens with zero attached hydrogens (tertiary/aromatic N) is 2. The van der Waals surface area contributed by atoms with Gasteiger partial charge >= 0.3 is 0 Å². The highest BCUT2D eigenvalue weighted by atomic mass is 16.5. The molecular weight excluding hydrogens is 452 g/mol. The van der Waals surface area contributed by atoms with E-state index in [0.717, 1.165) is 11.3 Å². The number of pyridine rings is 1. The summed E-state index contributed by atoms with van der Waals surface area (Å²) in [7, 11) is 3.17. The van der Waals surface area contributed by atoms with E-state index in [-0.39, 0.29) is 24.7 Å².